The minimum atomic E-state index is -4.73. The molecule has 0 spiro atoms. The first-order chi connectivity index (χ1) is 14.8. The molecule has 3 rings (SSSR count). The van der Waals surface area contributed by atoms with Gasteiger partial charge < -0.3 is 25.2 Å². The molecule has 1 heterocycles. The molecular weight excluding hydrogens is 428 g/mol. The van der Waals surface area contributed by atoms with E-state index in [9.17, 15) is 18.3 Å². The van der Waals surface area contributed by atoms with Crippen molar-refractivity contribution < 1.29 is 36.5 Å². The molecule has 1 fully saturated rings. The Kier molecular flexibility index (Phi) is 7.96. The number of anilines is 1. The molecule has 2 aromatic carbocycles. The third kappa shape index (κ3) is 7.58. The van der Waals surface area contributed by atoms with Crippen molar-refractivity contribution in [3.63, 3.8) is 0 Å². The molecule has 0 aromatic heterocycles. The van der Waals surface area contributed by atoms with E-state index >= 15 is 0 Å². The van der Waals surface area contributed by atoms with Crippen molar-refractivity contribution in [3.05, 3.63) is 66.2 Å². The van der Waals surface area contributed by atoms with Crippen molar-refractivity contribution in [2.75, 3.05) is 11.9 Å². The molecule has 4 N–H and O–H groups in total. The number of hydrogen-bond acceptors (Lipinski definition) is 7. The molecule has 0 unspecified atom stereocenters. The Morgan fingerprint density at radius 3 is 2.39 bits per heavy atom. The first-order valence-electron chi connectivity index (χ1n) is 9.53. The molecule has 1 saturated heterocycles. The second kappa shape index (κ2) is 10.7. The molecule has 1 aliphatic rings. The Balaban J connectivity index is 1.64. The van der Waals surface area contributed by atoms with Gasteiger partial charge in [-0.25, -0.2) is 8.98 Å². The number of benzene rings is 2. The number of urea groups is 1. The van der Waals surface area contributed by atoms with Crippen molar-refractivity contribution in [1.29, 1.82) is 0 Å². The summed E-state index contributed by atoms with van der Waals surface area (Å²) in [6.45, 7) is -0.457. The van der Waals surface area contributed by atoms with Gasteiger partial charge in [0.15, 0.2) is 0 Å². The Labute approximate surface area is 180 Å². The zero-order valence-electron chi connectivity index (χ0n) is 16.5. The average Bonchev–Trinajstić information content (AvgIpc) is 2.73. The summed E-state index contributed by atoms with van der Waals surface area (Å²) in [6, 6.07) is 17.5. The van der Waals surface area contributed by atoms with Crippen molar-refractivity contribution >= 4 is 22.1 Å². The highest BCUT2D eigenvalue weighted by Gasteiger charge is 2.40. The van der Waals surface area contributed by atoms with Crippen LogP contribution < -0.4 is 10.6 Å². The Morgan fingerprint density at radius 1 is 1.10 bits per heavy atom. The molecule has 31 heavy (non-hydrogen) atoms. The van der Waals surface area contributed by atoms with Gasteiger partial charge in [0.2, 0.25) is 0 Å². The van der Waals surface area contributed by atoms with Crippen LogP contribution in [0.15, 0.2) is 60.7 Å². The minimum absolute atomic E-state index is 0.110. The number of hydrogen-bond donors (Lipinski definition) is 4. The highest BCUT2D eigenvalue weighted by Crippen LogP contribution is 2.24. The van der Waals surface area contributed by atoms with Gasteiger partial charge >= 0.3 is 16.4 Å². The molecule has 1 aliphatic heterocycles. The molecule has 168 valence electrons. The van der Waals surface area contributed by atoms with E-state index in [1.165, 1.54) is 0 Å². The summed E-state index contributed by atoms with van der Waals surface area (Å²) in [5.41, 5.74) is 1.44. The van der Waals surface area contributed by atoms with Crippen molar-refractivity contribution in [2.45, 2.75) is 37.6 Å². The summed E-state index contributed by atoms with van der Waals surface area (Å²) in [6.07, 6.45) is -3.99. The monoisotopic (exact) mass is 452 g/mol. The smallest absolute Gasteiger partial charge is 0.388 e. The SMILES string of the molecule is O=C(Nc1ccccc1)N[C@H]1C[C@@H](OCc2ccccc2)[C@H](O)[C@@H](COS(=O)(=O)O)O1. The van der Waals surface area contributed by atoms with E-state index in [2.05, 4.69) is 14.8 Å². The zero-order valence-corrected chi connectivity index (χ0v) is 17.3. The van der Waals surface area contributed by atoms with Gasteiger partial charge in [-0.3, -0.25) is 4.55 Å². The van der Waals surface area contributed by atoms with Crippen LogP contribution in [0.1, 0.15) is 12.0 Å². The van der Waals surface area contributed by atoms with Gasteiger partial charge in [0, 0.05) is 12.1 Å². The molecule has 2 aromatic rings. The Morgan fingerprint density at radius 2 is 1.74 bits per heavy atom. The largest absolute Gasteiger partial charge is 0.397 e. The quantitative estimate of drug-likeness (QED) is 0.443. The van der Waals surface area contributed by atoms with Crippen LogP contribution in [-0.2, 0) is 30.7 Å². The standard InChI is InChI=1S/C20H24N2O8S/c23-19-16(28-12-14-7-3-1-4-8-14)11-18(30-17(19)13-29-31(25,26)27)22-20(24)21-15-9-5-2-6-10-15/h1-10,16-19,23H,11-13H2,(H2,21,22,24)(H,25,26,27)/t16-,17-,18-,19+/m1/s1. The second-order valence-corrected chi connectivity index (χ2v) is 7.99. The van der Waals surface area contributed by atoms with Crippen molar-refractivity contribution in [3.8, 4) is 0 Å². The van der Waals surface area contributed by atoms with Gasteiger partial charge in [0.05, 0.1) is 19.3 Å². The Bertz CT molecular complexity index is 942. The van der Waals surface area contributed by atoms with Crippen LogP contribution in [0.5, 0.6) is 0 Å². The average molecular weight is 452 g/mol. The highest BCUT2D eigenvalue weighted by molar-refractivity contribution is 7.80. The maximum Gasteiger partial charge on any atom is 0.397 e. The van der Waals surface area contributed by atoms with Gasteiger partial charge in [-0.15, -0.1) is 0 Å². The first-order valence-corrected chi connectivity index (χ1v) is 10.9. The fourth-order valence-electron chi connectivity index (χ4n) is 3.10. The van der Waals surface area contributed by atoms with Gasteiger partial charge in [-0.1, -0.05) is 48.5 Å². The number of carbonyl (C=O) groups is 1. The van der Waals surface area contributed by atoms with Crippen LogP contribution in [0.25, 0.3) is 0 Å². The fourth-order valence-corrected chi connectivity index (χ4v) is 3.41. The van der Waals surface area contributed by atoms with E-state index in [4.69, 9.17) is 14.0 Å². The highest BCUT2D eigenvalue weighted by atomic mass is 32.3. The lowest BCUT2D eigenvalue weighted by molar-refractivity contribution is -0.197. The maximum absolute atomic E-state index is 12.3. The van der Waals surface area contributed by atoms with Crippen LogP contribution in [0, 0.1) is 0 Å². The van der Waals surface area contributed by atoms with Crippen LogP contribution in [0.2, 0.25) is 0 Å². The first kappa shape index (κ1) is 23.1. The van der Waals surface area contributed by atoms with Gasteiger partial charge in [0.1, 0.15) is 18.4 Å². The summed E-state index contributed by atoms with van der Waals surface area (Å²) in [5.74, 6) is 0. The normalized spacial score (nSPS) is 23.8. The van der Waals surface area contributed by atoms with Gasteiger partial charge in [0.25, 0.3) is 0 Å². The van der Waals surface area contributed by atoms with Crippen LogP contribution >= 0.6 is 0 Å². The second-order valence-electron chi connectivity index (χ2n) is 6.90. The van der Waals surface area contributed by atoms with Crippen LogP contribution in [0.3, 0.4) is 0 Å². The number of amides is 2. The summed E-state index contributed by atoms with van der Waals surface area (Å²) >= 11 is 0. The number of para-hydroxylation sites is 1. The van der Waals surface area contributed by atoms with E-state index in [0.717, 1.165) is 5.56 Å². The number of aliphatic hydroxyl groups is 1. The molecule has 2 amide bonds. The molecule has 4 atom stereocenters. The summed E-state index contributed by atoms with van der Waals surface area (Å²) < 4.78 is 46.4. The zero-order chi connectivity index (χ0) is 22.3. The summed E-state index contributed by atoms with van der Waals surface area (Å²) in [5, 5.41) is 15.8. The number of ether oxygens (including phenoxy) is 2. The van der Waals surface area contributed by atoms with Crippen molar-refractivity contribution in [1.82, 2.24) is 5.32 Å². The topological polar surface area (TPSA) is 143 Å². The number of rotatable bonds is 8. The third-order valence-corrected chi connectivity index (χ3v) is 4.99. The molecule has 10 nitrogen and oxygen atoms in total. The fraction of sp³-hybridized carbons (Fsp3) is 0.350. The lowest BCUT2D eigenvalue weighted by atomic mass is 10.0. The lowest BCUT2D eigenvalue weighted by Gasteiger charge is -2.39. The molecule has 11 heteroatoms. The molecule has 0 saturated carbocycles. The van der Waals surface area contributed by atoms with E-state index in [0.29, 0.717) is 5.69 Å². The van der Waals surface area contributed by atoms with Gasteiger partial charge in [-0.2, -0.15) is 8.42 Å². The predicted octanol–water partition coefficient (Wildman–Crippen LogP) is 1.69. The maximum atomic E-state index is 12.3. The van der Waals surface area contributed by atoms with Crippen LogP contribution in [0.4, 0.5) is 10.5 Å². The summed E-state index contributed by atoms with van der Waals surface area (Å²) in [4.78, 5) is 12.3. The summed E-state index contributed by atoms with van der Waals surface area (Å²) in [7, 11) is -4.73. The van der Waals surface area contributed by atoms with E-state index in [1.54, 1.807) is 24.3 Å². The number of carbonyl (C=O) groups excluding carboxylic acids is 1. The van der Waals surface area contributed by atoms with E-state index in [-0.39, 0.29) is 13.0 Å². The van der Waals surface area contributed by atoms with E-state index < -0.39 is 47.6 Å². The molecule has 0 aliphatic carbocycles. The minimum Gasteiger partial charge on any atom is -0.388 e. The molecule has 0 radical (unpaired) electrons. The Hall–Kier alpha value is -2.54. The van der Waals surface area contributed by atoms with Gasteiger partial charge in [-0.05, 0) is 17.7 Å². The third-order valence-electron chi connectivity index (χ3n) is 4.56. The van der Waals surface area contributed by atoms with Crippen molar-refractivity contribution in [2.24, 2.45) is 0 Å². The molecular formula is C20H24N2O8S. The number of aliphatic hydroxyl groups excluding tert-OH is 1. The predicted molar refractivity (Wildman–Crippen MR) is 110 cm³/mol. The molecule has 0 bridgehead atoms. The van der Waals surface area contributed by atoms with Crippen LogP contribution in [-0.4, -0.2) is 55.3 Å². The van der Waals surface area contributed by atoms with E-state index in [1.807, 2.05) is 36.4 Å². The number of nitrogens with one attached hydrogen (secondary N) is 2. The lowest BCUT2D eigenvalue weighted by Crippen LogP contribution is -2.56.